The Morgan fingerprint density at radius 2 is 1.72 bits per heavy atom. The van der Waals surface area contributed by atoms with Crippen LogP contribution in [0.3, 0.4) is 0 Å². The highest BCUT2D eigenvalue weighted by atomic mass is 19.1. The predicted octanol–water partition coefficient (Wildman–Crippen LogP) is 4.53. The Morgan fingerprint density at radius 3 is 2.41 bits per heavy atom. The number of aromatic nitrogens is 1. The zero-order valence-electron chi connectivity index (χ0n) is 18.4. The van der Waals surface area contributed by atoms with Crippen LogP contribution in [-0.2, 0) is 4.79 Å². The van der Waals surface area contributed by atoms with Gasteiger partial charge in [-0.1, -0.05) is 44.2 Å². The standard InChI is InChI=1S/C26H28FN3O2/c1-17(2)24(29-25(31)22-11-14-28-23-6-4-3-5-21(22)23)26(32)30-15-12-19(13-16-30)18-7-9-20(27)10-8-18/h3-11,14,17,19,24H,12-13,15-16H2,1-2H3,(H,29,31). The van der Waals surface area contributed by atoms with Gasteiger partial charge in [0.15, 0.2) is 0 Å². The molecule has 4 rings (SSSR count). The van der Waals surface area contributed by atoms with E-state index >= 15 is 0 Å². The van der Waals surface area contributed by atoms with Gasteiger partial charge in [-0.15, -0.1) is 0 Å². The number of fused-ring (bicyclic) bond motifs is 1. The molecule has 166 valence electrons. The number of likely N-dealkylation sites (tertiary alicyclic amines) is 1. The normalized spacial score (nSPS) is 15.7. The van der Waals surface area contributed by atoms with Crippen molar-refractivity contribution in [2.24, 2.45) is 5.92 Å². The molecular weight excluding hydrogens is 405 g/mol. The second kappa shape index (κ2) is 9.47. The van der Waals surface area contributed by atoms with Crippen molar-refractivity contribution < 1.29 is 14.0 Å². The number of halogens is 1. The van der Waals surface area contributed by atoms with Gasteiger partial charge in [-0.2, -0.15) is 0 Å². The maximum Gasteiger partial charge on any atom is 0.252 e. The SMILES string of the molecule is CC(C)C(NC(=O)c1ccnc2ccccc12)C(=O)N1CCC(c2ccc(F)cc2)CC1. The van der Waals surface area contributed by atoms with Gasteiger partial charge in [-0.05, 0) is 54.5 Å². The number of nitrogens with zero attached hydrogens (tertiary/aromatic N) is 2. The number of carbonyl (C=O) groups excluding carboxylic acids is 2. The summed E-state index contributed by atoms with van der Waals surface area (Å²) in [7, 11) is 0. The molecule has 1 fully saturated rings. The van der Waals surface area contributed by atoms with E-state index in [-0.39, 0.29) is 23.5 Å². The summed E-state index contributed by atoms with van der Waals surface area (Å²) >= 11 is 0. The molecule has 1 aromatic heterocycles. The number of rotatable bonds is 5. The second-order valence-electron chi connectivity index (χ2n) is 8.72. The van der Waals surface area contributed by atoms with Crippen LogP contribution >= 0.6 is 0 Å². The molecule has 0 spiro atoms. The first-order valence-electron chi connectivity index (χ1n) is 11.1. The summed E-state index contributed by atoms with van der Waals surface area (Å²) in [4.78, 5) is 32.5. The van der Waals surface area contributed by atoms with Crippen LogP contribution in [0.2, 0.25) is 0 Å². The van der Waals surface area contributed by atoms with Gasteiger partial charge in [-0.25, -0.2) is 4.39 Å². The number of benzene rings is 2. The smallest absolute Gasteiger partial charge is 0.252 e. The Labute approximate surface area is 187 Å². The third kappa shape index (κ3) is 4.64. The van der Waals surface area contributed by atoms with Gasteiger partial charge in [-0.3, -0.25) is 14.6 Å². The number of nitrogens with one attached hydrogen (secondary N) is 1. The molecule has 0 aliphatic carbocycles. The fraction of sp³-hybridized carbons (Fsp3) is 0.346. The molecular formula is C26H28FN3O2. The highest BCUT2D eigenvalue weighted by Gasteiger charge is 2.32. The Hall–Kier alpha value is -3.28. The van der Waals surface area contributed by atoms with Crippen molar-refractivity contribution in [3.63, 3.8) is 0 Å². The Morgan fingerprint density at radius 1 is 1.03 bits per heavy atom. The van der Waals surface area contributed by atoms with Gasteiger partial charge in [0.2, 0.25) is 5.91 Å². The zero-order chi connectivity index (χ0) is 22.7. The summed E-state index contributed by atoms with van der Waals surface area (Å²) in [6.45, 7) is 5.13. The van der Waals surface area contributed by atoms with Crippen LogP contribution in [0.5, 0.6) is 0 Å². The molecule has 3 aromatic rings. The number of hydrogen-bond acceptors (Lipinski definition) is 3. The molecule has 32 heavy (non-hydrogen) atoms. The van der Waals surface area contributed by atoms with Crippen molar-refractivity contribution in [3.8, 4) is 0 Å². The number of para-hydroxylation sites is 1. The van der Waals surface area contributed by atoms with Crippen LogP contribution in [-0.4, -0.2) is 40.8 Å². The van der Waals surface area contributed by atoms with E-state index in [0.717, 1.165) is 29.3 Å². The van der Waals surface area contributed by atoms with Gasteiger partial charge in [0, 0.05) is 24.7 Å². The first-order valence-corrected chi connectivity index (χ1v) is 11.1. The first-order chi connectivity index (χ1) is 15.4. The number of hydrogen-bond donors (Lipinski definition) is 1. The summed E-state index contributed by atoms with van der Waals surface area (Å²) in [5, 5.41) is 3.74. The molecule has 0 bridgehead atoms. The lowest BCUT2D eigenvalue weighted by Gasteiger charge is -2.35. The minimum atomic E-state index is -0.600. The van der Waals surface area contributed by atoms with E-state index in [1.54, 1.807) is 12.3 Å². The average molecular weight is 434 g/mol. The molecule has 1 unspecified atom stereocenters. The lowest BCUT2D eigenvalue weighted by molar-refractivity contribution is -0.135. The van der Waals surface area contributed by atoms with E-state index in [4.69, 9.17) is 0 Å². The maximum atomic E-state index is 13.3. The molecule has 2 amide bonds. The number of piperidine rings is 1. The predicted molar refractivity (Wildman–Crippen MR) is 123 cm³/mol. The van der Waals surface area contributed by atoms with Gasteiger partial charge in [0.05, 0.1) is 11.1 Å². The molecule has 5 nitrogen and oxygen atoms in total. The fourth-order valence-corrected chi connectivity index (χ4v) is 4.39. The number of amides is 2. The third-order valence-corrected chi connectivity index (χ3v) is 6.26. The van der Waals surface area contributed by atoms with Gasteiger partial charge in [0.25, 0.3) is 5.91 Å². The summed E-state index contributed by atoms with van der Waals surface area (Å²) < 4.78 is 13.2. The largest absolute Gasteiger partial charge is 0.341 e. The first kappa shape index (κ1) is 21.9. The van der Waals surface area contributed by atoms with Crippen molar-refractivity contribution in [1.29, 1.82) is 0 Å². The van der Waals surface area contributed by atoms with E-state index in [0.29, 0.717) is 24.6 Å². The van der Waals surface area contributed by atoms with Gasteiger partial charge in [0.1, 0.15) is 11.9 Å². The van der Waals surface area contributed by atoms with Crippen molar-refractivity contribution in [2.45, 2.75) is 38.6 Å². The van der Waals surface area contributed by atoms with Crippen LogP contribution < -0.4 is 5.32 Å². The molecule has 1 saturated heterocycles. The van der Waals surface area contributed by atoms with E-state index in [2.05, 4.69) is 10.3 Å². The Balaban J connectivity index is 1.44. The highest BCUT2D eigenvalue weighted by Crippen LogP contribution is 2.29. The average Bonchev–Trinajstić information content (AvgIpc) is 2.82. The topological polar surface area (TPSA) is 62.3 Å². The van der Waals surface area contributed by atoms with Crippen LogP contribution in [0.1, 0.15) is 48.5 Å². The summed E-state index contributed by atoms with van der Waals surface area (Å²) in [5.74, 6) is -0.288. The molecule has 1 atom stereocenters. The lowest BCUT2D eigenvalue weighted by atomic mass is 9.89. The van der Waals surface area contributed by atoms with Crippen LogP contribution in [0.15, 0.2) is 60.8 Å². The van der Waals surface area contributed by atoms with Crippen molar-refractivity contribution in [2.75, 3.05) is 13.1 Å². The fourth-order valence-electron chi connectivity index (χ4n) is 4.39. The summed E-state index contributed by atoms with van der Waals surface area (Å²) in [6.07, 6.45) is 3.26. The van der Waals surface area contributed by atoms with Gasteiger partial charge < -0.3 is 10.2 Å². The Kier molecular flexibility index (Phi) is 6.49. The van der Waals surface area contributed by atoms with Crippen molar-refractivity contribution in [1.82, 2.24) is 15.2 Å². The molecule has 1 aliphatic rings. The van der Waals surface area contributed by atoms with Crippen LogP contribution in [0, 0.1) is 11.7 Å². The second-order valence-corrected chi connectivity index (χ2v) is 8.72. The maximum absolute atomic E-state index is 13.3. The summed E-state index contributed by atoms with van der Waals surface area (Å²) in [6, 6.07) is 15.2. The Bertz CT molecular complexity index is 1100. The highest BCUT2D eigenvalue weighted by molar-refractivity contribution is 6.07. The molecule has 2 aromatic carbocycles. The molecule has 0 saturated carbocycles. The van der Waals surface area contributed by atoms with Crippen LogP contribution in [0.4, 0.5) is 4.39 Å². The van der Waals surface area contributed by atoms with Crippen LogP contribution in [0.25, 0.3) is 10.9 Å². The minimum Gasteiger partial charge on any atom is -0.341 e. The van der Waals surface area contributed by atoms with Crippen molar-refractivity contribution in [3.05, 3.63) is 77.7 Å². The summed E-state index contributed by atoms with van der Waals surface area (Å²) in [5.41, 5.74) is 2.37. The van der Waals surface area contributed by atoms with Crippen molar-refractivity contribution >= 4 is 22.7 Å². The van der Waals surface area contributed by atoms with E-state index in [9.17, 15) is 14.0 Å². The molecule has 2 heterocycles. The number of pyridine rings is 1. The monoisotopic (exact) mass is 433 g/mol. The molecule has 6 heteroatoms. The lowest BCUT2D eigenvalue weighted by Crippen LogP contribution is -2.52. The van der Waals surface area contributed by atoms with E-state index in [1.165, 1.54) is 12.1 Å². The molecule has 1 N–H and O–H groups in total. The molecule has 0 radical (unpaired) electrons. The van der Waals surface area contributed by atoms with Gasteiger partial charge >= 0.3 is 0 Å². The molecule has 1 aliphatic heterocycles. The zero-order valence-corrected chi connectivity index (χ0v) is 18.4. The third-order valence-electron chi connectivity index (χ3n) is 6.26. The quantitative estimate of drug-likeness (QED) is 0.643. The minimum absolute atomic E-state index is 0.0469. The number of carbonyl (C=O) groups is 2. The van der Waals surface area contributed by atoms with E-state index in [1.807, 2.05) is 55.1 Å². The van der Waals surface area contributed by atoms with E-state index < -0.39 is 6.04 Å².